The molecule has 5 aromatic rings. The number of hydrogen-bond donors (Lipinski definition) is 0. The molecule has 5 nitrogen and oxygen atoms in total. The molecule has 0 unspecified atom stereocenters. The molecular formula is C27H17BrF3N3O2. The highest BCUT2D eigenvalue weighted by molar-refractivity contribution is 9.10. The lowest BCUT2D eigenvalue weighted by Gasteiger charge is -2.11. The van der Waals surface area contributed by atoms with E-state index < -0.39 is 17.3 Å². The minimum atomic E-state index is -4.55. The predicted octanol–water partition coefficient (Wildman–Crippen LogP) is 7.30. The van der Waals surface area contributed by atoms with E-state index in [1.165, 1.54) is 18.3 Å². The molecule has 0 radical (unpaired) electrons. The average molecular weight is 552 g/mol. The smallest absolute Gasteiger partial charge is 0.416 e. The molecule has 0 saturated heterocycles. The van der Waals surface area contributed by atoms with Gasteiger partial charge in [0.15, 0.2) is 5.82 Å². The van der Waals surface area contributed by atoms with Gasteiger partial charge in [-0.05, 0) is 61.0 Å². The summed E-state index contributed by atoms with van der Waals surface area (Å²) in [4.78, 5) is 17.7. The fraction of sp³-hybridized carbons (Fsp3) is 0.0741. The lowest BCUT2D eigenvalue weighted by atomic mass is 10.1. The van der Waals surface area contributed by atoms with Gasteiger partial charge in [-0.1, -0.05) is 46.3 Å². The minimum Gasteiger partial charge on any atom is -0.455 e. The third-order valence-electron chi connectivity index (χ3n) is 5.52. The molecule has 5 rings (SSSR count). The summed E-state index contributed by atoms with van der Waals surface area (Å²) in [5.41, 5.74) is 1.02. The zero-order valence-electron chi connectivity index (χ0n) is 18.8. The molecule has 0 bridgehead atoms. The number of alkyl halides is 3. The second-order valence-corrected chi connectivity index (χ2v) is 8.93. The summed E-state index contributed by atoms with van der Waals surface area (Å²) in [5.74, 6) is 0.923. The Balaban J connectivity index is 1.61. The summed E-state index contributed by atoms with van der Waals surface area (Å²) in [6.45, 7) is 1.98. The number of fused-ring (bicyclic) bond motifs is 1. The highest BCUT2D eigenvalue weighted by Gasteiger charge is 2.31. The fourth-order valence-electron chi connectivity index (χ4n) is 3.75. The number of furan rings is 1. The molecule has 0 aliphatic rings. The van der Waals surface area contributed by atoms with Crippen LogP contribution in [0.3, 0.4) is 0 Å². The Labute approximate surface area is 211 Å². The Morgan fingerprint density at radius 3 is 2.58 bits per heavy atom. The number of rotatable bonds is 4. The van der Waals surface area contributed by atoms with Gasteiger partial charge in [-0.2, -0.15) is 22.9 Å². The van der Waals surface area contributed by atoms with Gasteiger partial charge in [0.25, 0.3) is 5.56 Å². The average Bonchev–Trinajstić information content (AvgIpc) is 3.31. The lowest BCUT2D eigenvalue weighted by molar-refractivity contribution is -0.137. The van der Waals surface area contributed by atoms with E-state index in [4.69, 9.17) is 4.42 Å². The van der Waals surface area contributed by atoms with E-state index >= 15 is 0 Å². The van der Waals surface area contributed by atoms with Crippen molar-refractivity contribution in [2.24, 2.45) is 5.10 Å². The molecule has 0 fully saturated rings. The van der Waals surface area contributed by atoms with Crippen molar-refractivity contribution in [2.45, 2.75) is 13.1 Å². The Hall–Kier alpha value is -3.98. The van der Waals surface area contributed by atoms with E-state index in [1.807, 2.05) is 25.1 Å². The van der Waals surface area contributed by atoms with Crippen LogP contribution in [0.5, 0.6) is 0 Å². The number of aryl methyl sites for hydroxylation is 1. The third-order valence-corrected chi connectivity index (χ3v) is 6.18. The third kappa shape index (κ3) is 4.61. The van der Waals surface area contributed by atoms with Gasteiger partial charge in [0.05, 0.1) is 22.7 Å². The normalized spacial score (nSPS) is 12.0. The van der Waals surface area contributed by atoms with Gasteiger partial charge in [0.2, 0.25) is 0 Å². The van der Waals surface area contributed by atoms with Crippen LogP contribution >= 0.6 is 15.9 Å². The van der Waals surface area contributed by atoms with Crippen molar-refractivity contribution < 1.29 is 17.6 Å². The number of para-hydroxylation sites is 1. The van der Waals surface area contributed by atoms with Crippen LogP contribution in [0.15, 0.2) is 97.6 Å². The molecule has 0 amide bonds. The molecule has 0 aliphatic carbocycles. The highest BCUT2D eigenvalue weighted by atomic mass is 79.9. The van der Waals surface area contributed by atoms with Gasteiger partial charge in [0, 0.05) is 15.6 Å². The molecule has 2 heterocycles. The number of hydrogen-bond acceptors (Lipinski definition) is 4. The maximum atomic E-state index is 13.3. The molecule has 36 heavy (non-hydrogen) atoms. The molecule has 180 valence electrons. The van der Waals surface area contributed by atoms with Gasteiger partial charge >= 0.3 is 6.18 Å². The van der Waals surface area contributed by atoms with Gasteiger partial charge < -0.3 is 4.42 Å². The van der Waals surface area contributed by atoms with Crippen LogP contribution in [-0.2, 0) is 6.18 Å². The topological polar surface area (TPSA) is 60.4 Å². The van der Waals surface area contributed by atoms with E-state index in [0.717, 1.165) is 32.4 Å². The van der Waals surface area contributed by atoms with Crippen LogP contribution in [0, 0.1) is 6.92 Å². The van der Waals surface area contributed by atoms with Crippen molar-refractivity contribution in [3.63, 3.8) is 0 Å². The Kier molecular flexibility index (Phi) is 6.09. The number of halogens is 4. The Morgan fingerprint density at radius 2 is 1.81 bits per heavy atom. The second-order valence-electron chi connectivity index (χ2n) is 8.08. The summed E-state index contributed by atoms with van der Waals surface area (Å²) in [5, 5.41) is 4.55. The maximum Gasteiger partial charge on any atom is 0.416 e. The van der Waals surface area contributed by atoms with E-state index in [1.54, 1.807) is 36.4 Å². The first-order valence-corrected chi connectivity index (χ1v) is 11.6. The van der Waals surface area contributed by atoms with Gasteiger partial charge in [-0.25, -0.2) is 4.98 Å². The molecule has 0 N–H and O–H groups in total. The van der Waals surface area contributed by atoms with Crippen molar-refractivity contribution in [1.82, 2.24) is 9.66 Å². The van der Waals surface area contributed by atoms with Gasteiger partial charge in [-0.15, -0.1) is 0 Å². The molecule has 0 atom stereocenters. The van der Waals surface area contributed by atoms with E-state index in [-0.39, 0.29) is 16.8 Å². The largest absolute Gasteiger partial charge is 0.455 e. The van der Waals surface area contributed by atoms with Crippen molar-refractivity contribution >= 4 is 33.0 Å². The highest BCUT2D eigenvalue weighted by Crippen LogP contribution is 2.32. The quantitative estimate of drug-likeness (QED) is 0.220. The van der Waals surface area contributed by atoms with Crippen molar-refractivity contribution in [1.29, 1.82) is 0 Å². The summed E-state index contributed by atoms with van der Waals surface area (Å²) in [6, 6.07) is 20.5. The van der Waals surface area contributed by atoms with Crippen LogP contribution in [0.2, 0.25) is 0 Å². The molecule has 3 aromatic carbocycles. The molecule has 0 aliphatic heterocycles. The van der Waals surface area contributed by atoms with E-state index in [0.29, 0.717) is 17.0 Å². The maximum absolute atomic E-state index is 13.3. The van der Waals surface area contributed by atoms with Gasteiger partial charge in [0.1, 0.15) is 11.5 Å². The number of benzene rings is 3. The fourth-order valence-corrected chi connectivity index (χ4v) is 4.44. The second kappa shape index (κ2) is 9.23. The SMILES string of the molecule is Cc1ccc(-c2ccc(C=Nn3c(-c4cccc(C(F)(F)F)c4)nc4ccccc4c3=O)o2)c(Br)c1. The van der Waals surface area contributed by atoms with Crippen LogP contribution in [0.25, 0.3) is 33.6 Å². The number of aromatic nitrogens is 2. The lowest BCUT2D eigenvalue weighted by Crippen LogP contribution is -2.20. The summed E-state index contributed by atoms with van der Waals surface area (Å²) in [6.07, 6.45) is -3.21. The Bertz CT molecular complexity index is 1690. The first kappa shape index (κ1) is 23.7. The van der Waals surface area contributed by atoms with Gasteiger partial charge in [-0.3, -0.25) is 4.79 Å². The summed E-state index contributed by atoms with van der Waals surface area (Å²) < 4.78 is 47.8. The molecule has 0 spiro atoms. The van der Waals surface area contributed by atoms with E-state index in [9.17, 15) is 18.0 Å². The molecular weight excluding hydrogens is 535 g/mol. The van der Waals surface area contributed by atoms with Crippen molar-refractivity contribution in [2.75, 3.05) is 0 Å². The molecule has 0 saturated carbocycles. The first-order chi connectivity index (χ1) is 17.2. The minimum absolute atomic E-state index is 0.0193. The number of nitrogens with zero attached hydrogens (tertiary/aromatic N) is 3. The summed E-state index contributed by atoms with van der Waals surface area (Å²) >= 11 is 3.53. The zero-order chi connectivity index (χ0) is 25.4. The first-order valence-electron chi connectivity index (χ1n) is 10.8. The van der Waals surface area contributed by atoms with E-state index in [2.05, 4.69) is 26.0 Å². The van der Waals surface area contributed by atoms with Crippen LogP contribution in [0.1, 0.15) is 16.9 Å². The standard InChI is InChI=1S/C27H17BrF3N3O2/c1-16-9-11-20(22(28)13-16)24-12-10-19(36-24)15-32-34-25(17-5-4-6-18(14-17)27(29,30)31)33-23-8-3-2-7-21(23)26(34)35/h2-15H,1H3. The Morgan fingerprint density at radius 1 is 1.00 bits per heavy atom. The molecule has 2 aromatic heterocycles. The predicted molar refractivity (Wildman–Crippen MR) is 136 cm³/mol. The van der Waals surface area contributed by atoms with Crippen molar-refractivity contribution in [3.8, 4) is 22.7 Å². The monoisotopic (exact) mass is 551 g/mol. The van der Waals surface area contributed by atoms with Crippen LogP contribution < -0.4 is 5.56 Å². The zero-order valence-corrected chi connectivity index (χ0v) is 20.3. The van der Waals surface area contributed by atoms with Crippen LogP contribution in [0.4, 0.5) is 13.2 Å². The van der Waals surface area contributed by atoms with Crippen LogP contribution in [-0.4, -0.2) is 15.9 Å². The molecule has 9 heteroatoms. The van der Waals surface area contributed by atoms with Crippen molar-refractivity contribution in [3.05, 3.63) is 111 Å². The summed E-state index contributed by atoms with van der Waals surface area (Å²) in [7, 11) is 0.